The van der Waals surface area contributed by atoms with Gasteiger partial charge in [0.2, 0.25) is 0 Å². The molecule has 0 bridgehead atoms. The average Bonchev–Trinajstić information content (AvgIpc) is 2.53. The number of hydrogen-bond donors (Lipinski definition) is 1. The van der Waals surface area contributed by atoms with Crippen molar-refractivity contribution in [2.24, 2.45) is 4.99 Å². The number of halogens is 2. The molecule has 0 spiro atoms. The lowest BCUT2D eigenvalue weighted by molar-refractivity contribution is -0.0137. The minimum atomic E-state index is 0. The lowest BCUT2D eigenvalue weighted by Gasteiger charge is -2.29. The van der Waals surface area contributed by atoms with Crippen LogP contribution in [-0.4, -0.2) is 68.7 Å². The van der Waals surface area contributed by atoms with Crippen LogP contribution in [0.5, 0.6) is 0 Å². The van der Waals surface area contributed by atoms with E-state index in [0.717, 1.165) is 43.2 Å². The monoisotopic (exact) mass is 510 g/mol. The Kier molecular flexibility index (Phi) is 10.2. The largest absolute Gasteiger partial charge is 0.374 e. The van der Waals surface area contributed by atoms with E-state index in [1.54, 1.807) is 0 Å². The van der Waals surface area contributed by atoms with Crippen molar-refractivity contribution in [3.63, 3.8) is 0 Å². The Labute approximate surface area is 171 Å². The molecule has 0 amide bonds. The molecule has 1 aliphatic heterocycles. The molecule has 1 aromatic carbocycles. The van der Waals surface area contributed by atoms with Gasteiger partial charge in [-0.1, -0.05) is 28.1 Å². The Bertz CT molecular complexity index is 512. The summed E-state index contributed by atoms with van der Waals surface area (Å²) >= 11 is 3.47. The maximum absolute atomic E-state index is 5.79. The van der Waals surface area contributed by atoms with Gasteiger partial charge in [-0.25, -0.2) is 0 Å². The van der Waals surface area contributed by atoms with Crippen molar-refractivity contribution in [2.75, 3.05) is 46.9 Å². The van der Waals surface area contributed by atoms with Crippen LogP contribution in [0.15, 0.2) is 33.7 Å². The SMILES string of the molecule is CCNC(=NCC1CN(C)CCO1)N(C)Cc1ccc(Br)cc1.I. The molecule has 136 valence electrons. The molecule has 1 N–H and O–H groups in total. The molecule has 0 radical (unpaired) electrons. The third kappa shape index (κ3) is 7.25. The standard InChI is InChI=1S/C17H27BrN4O.HI/c1-4-19-17(20-11-16-13-21(2)9-10-23-16)22(3)12-14-5-7-15(18)8-6-14;/h5-8,16H,4,9-13H2,1-3H3,(H,19,20);1H. The smallest absolute Gasteiger partial charge is 0.194 e. The maximum Gasteiger partial charge on any atom is 0.194 e. The fourth-order valence-electron chi connectivity index (χ4n) is 2.57. The molecule has 1 atom stereocenters. The van der Waals surface area contributed by atoms with Gasteiger partial charge < -0.3 is 19.9 Å². The number of aliphatic imine (C=N–C) groups is 1. The summed E-state index contributed by atoms with van der Waals surface area (Å²) in [5.41, 5.74) is 1.26. The van der Waals surface area contributed by atoms with Gasteiger partial charge in [-0.05, 0) is 31.7 Å². The molecule has 0 aliphatic carbocycles. The number of benzene rings is 1. The van der Waals surface area contributed by atoms with Crippen molar-refractivity contribution in [1.82, 2.24) is 15.1 Å². The van der Waals surface area contributed by atoms with E-state index in [0.29, 0.717) is 6.54 Å². The summed E-state index contributed by atoms with van der Waals surface area (Å²) < 4.78 is 6.89. The zero-order valence-corrected chi connectivity index (χ0v) is 18.6. The molecular formula is C17H28BrIN4O. The fourth-order valence-corrected chi connectivity index (χ4v) is 2.84. The first kappa shape index (κ1) is 21.7. The fraction of sp³-hybridized carbons (Fsp3) is 0.588. The van der Waals surface area contributed by atoms with Gasteiger partial charge in [0, 0.05) is 37.7 Å². The van der Waals surface area contributed by atoms with E-state index in [2.05, 4.69) is 76.3 Å². The quantitative estimate of drug-likeness (QED) is 0.375. The molecule has 0 aromatic heterocycles. The van der Waals surface area contributed by atoms with Gasteiger partial charge in [0.1, 0.15) is 0 Å². The number of rotatable bonds is 5. The molecule has 5 nitrogen and oxygen atoms in total. The van der Waals surface area contributed by atoms with Gasteiger partial charge in [-0.15, -0.1) is 24.0 Å². The van der Waals surface area contributed by atoms with Crippen LogP contribution in [0.1, 0.15) is 12.5 Å². The van der Waals surface area contributed by atoms with E-state index in [-0.39, 0.29) is 30.1 Å². The zero-order chi connectivity index (χ0) is 16.7. The summed E-state index contributed by atoms with van der Waals surface area (Å²) in [6.07, 6.45) is 0.184. The summed E-state index contributed by atoms with van der Waals surface area (Å²) in [5, 5.41) is 3.36. The highest BCUT2D eigenvalue weighted by Gasteiger charge is 2.17. The van der Waals surface area contributed by atoms with Gasteiger partial charge in [0.15, 0.2) is 5.96 Å². The number of likely N-dealkylation sites (N-methyl/N-ethyl adjacent to an activating group) is 1. The zero-order valence-electron chi connectivity index (χ0n) is 14.7. The summed E-state index contributed by atoms with van der Waals surface area (Å²) in [7, 11) is 4.20. The lowest BCUT2D eigenvalue weighted by atomic mass is 10.2. The Morgan fingerprint density at radius 3 is 2.75 bits per heavy atom. The summed E-state index contributed by atoms with van der Waals surface area (Å²) in [5.74, 6) is 0.923. The van der Waals surface area contributed by atoms with Crippen molar-refractivity contribution in [3.8, 4) is 0 Å². The molecule has 7 heteroatoms. The summed E-state index contributed by atoms with van der Waals surface area (Å²) in [4.78, 5) is 9.20. The third-order valence-electron chi connectivity index (χ3n) is 3.82. The number of hydrogen-bond acceptors (Lipinski definition) is 3. The van der Waals surface area contributed by atoms with Crippen LogP contribution in [0.2, 0.25) is 0 Å². The highest BCUT2D eigenvalue weighted by atomic mass is 127. The van der Waals surface area contributed by atoms with Crippen molar-refractivity contribution < 1.29 is 4.74 Å². The predicted octanol–water partition coefficient (Wildman–Crippen LogP) is 2.80. The molecule has 1 heterocycles. The molecule has 2 rings (SSSR count). The minimum Gasteiger partial charge on any atom is -0.374 e. The van der Waals surface area contributed by atoms with E-state index in [1.807, 2.05) is 0 Å². The highest BCUT2D eigenvalue weighted by Crippen LogP contribution is 2.12. The van der Waals surface area contributed by atoms with Crippen LogP contribution in [0, 0.1) is 0 Å². The van der Waals surface area contributed by atoms with Crippen molar-refractivity contribution >= 4 is 45.9 Å². The van der Waals surface area contributed by atoms with Crippen LogP contribution in [0.25, 0.3) is 0 Å². The second-order valence-electron chi connectivity index (χ2n) is 5.93. The third-order valence-corrected chi connectivity index (χ3v) is 4.34. The first-order chi connectivity index (χ1) is 11.1. The van der Waals surface area contributed by atoms with Crippen LogP contribution >= 0.6 is 39.9 Å². The number of nitrogens with one attached hydrogen (secondary N) is 1. The van der Waals surface area contributed by atoms with E-state index in [1.165, 1.54) is 5.56 Å². The Balaban J connectivity index is 0.00000288. The Morgan fingerprint density at radius 2 is 2.12 bits per heavy atom. The number of morpholine rings is 1. The molecule has 0 saturated carbocycles. The van der Waals surface area contributed by atoms with Gasteiger partial charge in [-0.3, -0.25) is 4.99 Å². The van der Waals surface area contributed by atoms with Gasteiger partial charge >= 0.3 is 0 Å². The van der Waals surface area contributed by atoms with E-state index >= 15 is 0 Å². The highest BCUT2D eigenvalue weighted by molar-refractivity contribution is 14.0. The summed E-state index contributed by atoms with van der Waals surface area (Å²) in [6.45, 7) is 7.20. The van der Waals surface area contributed by atoms with Crippen LogP contribution in [0.3, 0.4) is 0 Å². The minimum absolute atomic E-state index is 0. The van der Waals surface area contributed by atoms with Gasteiger partial charge in [0.25, 0.3) is 0 Å². The molecule has 24 heavy (non-hydrogen) atoms. The van der Waals surface area contributed by atoms with E-state index in [4.69, 9.17) is 9.73 Å². The first-order valence-electron chi connectivity index (χ1n) is 8.12. The second kappa shape index (κ2) is 11.3. The average molecular weight is 511 g/mol. The maximum atomic E-state index is 5.79. The topological polar surface area (TPSA) is 40.1 Å². The van der Waals surface area contributed by atoms with Crippen molar-refractivity contribution in [1.29, 1.82) is 0 Å². The Hall–Kier alpha value is -0.380. The first-order valence-corrected chi connectivity index (χ1v) is 8.91. The van der Waals surface area contributed by atoms with E-state index in [9.17, 15) is 0 Å². The molecule has 1 saturated heterocycles. The van der Waals surface area contributed by atoms with Crippen molar-refractivity contribution in [3.05, 3.63) is 34.3 Å². The number of nitrogens with zero attached hydrogens (tertiary/aromatic N) is 3. The molecule has 1 fully saturated rings. The van der Waals surface area contributed by atoms with Gasteiger partial charge in [-0.2, -0.15) is 0 Å². The molecular weight excluding hydrogens is 483 g/mol. The van der Waals surface area contributed by atoms with Gasteiger partial charge in [0.05, 0.1) is 19.3 Å². The lowest BCUT2D eigenvalue weighted by Crippen LogP contribution is -2.43. The van der Waals surface area contributed by atoms with Crippen LogP contribution < -0.4 is 5.32 Å². The normalized spacial score (nSPS) is 18.8. The second-order valence-corrected chi connectivity index (χ2v) is 6.85. The predicted molar refractivity (Wildman–Crippen MR) is 114 cm³/mol. The molecule has 1 unspecified atom stereocenters. The number of ether oxygens (including phenoxy) is 1. The molecule has 1 aliphatic rings. The van der Waals surface area contributed by atoms with Crippen LogP contribution in [0.4, 0.5) is 0 Å². The molecule has 1 aromatic rings. The van der Waals surface area contributed by atoms with E-state index < -0.39 is 0 Å². The van der Waals surface area contributed by atoms with Crippen molar-refractivity contribution in [2.45, 2.75) is 19.6 Å². The Morgan fingerprint density at radius 1 is 1.42 bits per heavy atom. The van der Waals surface area contributed by atoms with Crippen LogP contribution in [-0.2, 0) is 11.3 Å². The summed E-state index contributed by atoms with van der Waals surface area (Å²) in [6, 6.07) is 8.39. The number of guanidine groups is 1.